The lowest BCUT2D eigenvalue weighted by Crippen LogP contribution is -1.97. The van der Waals surface area contributed by atoms with E-state index in [4.69, 9.17) is 14.4 Å². The van der Waals surface area contributed by atoms with E-state index < -0.39 is 0 Å². The van der Waals surface area contributed by atoms with Crippen molar-refractivity contribution >= 4 is 33.1 Å². The number of fused-ring (bicyclic) bond motifs is 4. The van der Waals surface area contributed by atoms with Crippen molar-refractivity contribution < 1.29 is 4.42 Å². The zero-order valence-corrected chi connectivity index (χ0v) is 19.3. The Balaban J connectivity index is 1.64. The lowest BCUT2D eigenvalue weighted by molar-refractivity contribution is 0.654. The van der Waals surface area contributed by atoms with Crippen molar-refractivity contribution in [2.45, 2.75) is 34.2 Å². The van der Waals surface area contributed by atoms with Crippen LogP contribution in [0.25, 0.3) is 55.7 Å². The van der Waals surface area contributed by atoms with E-state index in [1.165, 1.54) is 22.3 Å². The summed E-state index contributed by atoms with van der Waals surface area (Å²) < 4.78 is 8.74. The van der Waals surface area contributed by atoms with Crippen molar-refractivity contribution in [1.29, 1.82) is 0 Å². The highest BCUT2D eigenvalue weighted by atomic mass is 16.3. The second-order valence-corrected chi connectivity index (χ2v) is 8.72. The molecular formula is C29H25N3O. The van der Waals surface area contributed by atoms with Crippen molar-refractivity contribution in [2.24, 2.45) is 0 Å². The van der Waals surface area contributed by atoms with Gasteiger partial charge in [-0.15, -0.1) is 0 Å². The van der Waals surface area contributed by atoms with Gasteiger partial charge in [0.1, 0.15) is 11.4 Å². The Morgan fingerprint density at radius 2 is 1.58 bits per heavy atom. The van der Waals surface area contributed by atoms with Crippen LogP contribution in [0.4, 0.5) is 0 Å². The molecule has 33 heavy (non-hydrogen) atoms. The van der Waals surface area contributed by atoms with Gasteiger partial charge >= 0.3 is 0 Å². The monoisotopic (exact) mass is 431 g/mol. The fourth-order valence-electron chi connectivity index (χ4n) is 5.06. The minimum Gasteiger partial charge on any atom is -0.437 e. The number of hydrogen-bond acceptors (Lipinski definition) is 3. The summed E-state index contributed by atoms with van der Waals surface area (Å²) in [5.41, 5.74) is 10.4. The van der Waals surface area contributed by atoms with E-state index in [1.807, 2.05) is 6.07 Å². The van der Waals surface area contributed by atoms with Gasteiger partial charge in [-0.25, -0.2) is 9.97 Å². The molecule has 0 saturated heterocycles. The van der Waals surface area contributed by atoms with Crippen LogP contribution in [0.1, 0.15) is 23.6 Å². The molecule has 4 nitrogen and oxygen atoms in total. The van der Waals surface area contributed by atoms with E-state index in [9.17, 15) is 0 Å². The molecule has 162 valence electrons. The number of aromatic nitrogens is 3. The Bertz CT molecular complexity index is 1670. The Morgan fingerprint density at radius 1 is 0.788 bits per heavy atom. The molecule has 4 heteroatoms. The van der Waals surface area contributed by atoms with Crippen LogP contribution in [0, 0.1) is 20.8 Å². The summed E-state index contributed by atoms with van der Waals surface area (Å²) >= 11 is 0. The fraction of sp³-hybridized carbons (Fsp3) is 0.172. The van der Waals surface area contributed by atoms with Crippen LogP contribution in [0.15, 0.2) is 71.1 Å². The van der Waals surface area contributed by atoms with Crippen molar-refractivity contribution in [3.63, 3.8) is 0 Å². The first-order valence-electron chi connectivity index (χ1n) is 11.4. The Labute approximate surface area is 192 Å². The van der Waals surface area contributed by atoms with Crippen LogP contribution in [-0.2, 0) is 6.54 Å². The number of pyridine rings is 1. The van der Waals surface area contributed by atoms with Crippen LogP contribution in [0.3, 0.4) is 0 Å². The highest BCUT2D eigenvalue weighted by Crippen LogP contribution is 2.39. The maximum atomic E-state index is 6.49. The third kappa shape index (κ3) is 2.91. The van der Waals surface area contributed by atoms with Gasteiger partial charge in [0, 0.05) is 22.9 Å². The van der Waals surface area contributed by atoms with Crippen LogP contribution in [0.5, 0.6) is 0 Å². The normalized spacial score (nSPS) is 11.8. The first-order valence-corrected chi connectivity index (χ1v) is 11.4. The Kier molecular flexibility index (Phi) is 4.37. The molecule has 0 aliphatic rings. The van der Waals surface area contributed by atoms with E-state index in [2.05, 4.69) is 92.9 Å². The average Bonchev–Trinajstić information content (AvgIpc) is 3.37. The molecule has 0 saturated carbocycles. The van der Waals surface area contributed by atoms with Gasteiger partial charge in [-0.1, -0.05) is 36.4 Å². The van der Waals surface area contributed by atoms with Crippen molar-refractivity contribution in [3.8, 4) is 22.6 Å². The van der Waals surface area contributed by atoms with Gasteiger partial charge in [0.15, 0.2) is 0 Å². The van der Waals surface area contributed by atoms with Gasteiger partial charge in [0.2, 0.25) is 5.71 Å². The molecular weight excluding hydrogens is 406 g/mol. The minimum atomic E-state index is 0.667. The maximum absolute atomic E-state index is 6.49. The molecule has 0 fully saturated rings. The van der Waals surface area contributed by atoms with E-state index >= 15 is 0 Å². The van der Waals surface area contributed by atoms with Crippen LogP contribution in [0.2, 0.25) is 0 Å². The highest BCUT2D eigenvalue weighted by Gasteiger charge is 2.20. The fourth-order valence-corrected chi connectivity index (χ4v) is 5.06. The number of furan rings is 1. The number of benzene rings is 3. The molecule has 0 spiro atoms. The molecule has 0 radical (unpaired) electrons. The number of para-hydroxylation sites is 2. The van der Waals surface area contributed by atoms with E-state index in [-0.39, 0.29) is 0 Å². The average molecular weight is 432 g/mol. The van der Waals surface area contributed by atoms with Crippen molar-refractivity contribution in [1.82, 2.24) is 14.5 Å². The topological polar surface area (TPSA) is 43.9 Å². The van der Waals surface area contributed by atoms with Gasteiger partial charge in [-0.05, 0) is 74.7 Å². The SMILES string of the molecule is CCn1c(-c2ccc(C)c3c2oc2nc(-c4c(C)cccc4C)ccc23)nc2ccccc21. The molecule has 6 aromatic rings. The molecule has 6 rings (SSSR count). The molecule has 0 atom stereocenters. The number of aryl methyl sites for hydroxylation is 4. The van der Waals surface area contributed by atoms with E-state index in [0.29, 0.717) is 5.71 Å². The lowest BCUT2D eigenvalue weighted by Gasteiger charge is -2.08. The number of nitrogens with zero attached hydrogens (tertiary/aromatic N) is 3. The van der Waals surface area contributed by atoms with Crippen LogP contribution < -0.4 is 0 Å². The van der Waals surface area contributed by atoms with Crippen molar-refractivity contribution in [2.75, 3.05) is 0 Å². The third-order valence-electron chi connectivity index (χ3n) is 6.64. The molecule has 0 amide bonds. The minimum absolute atomic E-state index is 0.667. The van der Waals surface area contributed by atoms with Gasteiger partial charge in [0.25, 0.3) is 0 Å². The van der Waals surface area contributed by atoms with E-state index in [1.54, 1.807) is 0 Å². The molecule has 0 bridgehead atoms. The van der Waals surface area contributed by atoms with Gasteiger partial charge in [0.05, 0.1) is 22.3 Å². The molecule has 0 aliphatic heterocycles. The highest BCUT2D eigenvalue weighted by molar-refractivity contribution is 6.10. The predicted molar refractivity (Wildman–Crippen MR) is 136 cm³/mol. The van der Waals surface area contributed by atoms with Crippen LogP contribution in [-0.4, -0.2) is 14.5 Å². The van der Waals surface area contributed by atoms with Gasteiger partial charge in [-0.3, -0.25) is 0 Å². The summed E-state index contributed by atoms with van der Waals surface area (Å²) in [6.07, 6.45) is 0. The summed E-state index contributed by atoms with van der Waals surface area (Å²) in [6.45, 7) is 9.37. The summed E-state index contributed by atoms with van der Waals surface area (Å²) in [4.78, 5) is 9.95. The van der Waals surface area contributed by atoms with Gasteiger partial charge in [-0.2, -0.15) is 0 Å². The lowest BCUT2D eigenvalue weighted by atomic mass is 9.99. The third-order valence-corrected chi connectivity index (χ3v) is 6.64. The molecule has 3 aromatic carbocycles. The summed E-state index contributed by atoms with van der Waals surface area (Å²) in [6, 6.07) is 23.2. The van der Waals surface area contributed by atoms with Crippen LogP contribution >= 0.6 is 0 Å². The molecule has 0 N–H and O–H groups in total. The molecule has 0 aliphatic carbocycles. The summed E-state index contributed by atoms with van der Waals surface area (Å²) in [7, 11) is 0. The largest absolute Gasteiger partial charge is 0.437 e. The zero-order chi connectivity index (χ0) is 22.7. The number of rotatable bonds is 3. The quantitative estimate of drug-likeness (QED) is 0.290. The van der Waals surface area contributed by atoms with Gasteiger partial charge < -0.3 is 8.98 Å². The predicted octanol–water partition coefficient (Wildman–Crippen LogP) is 7.61. The van der Waals surface area contributed by atoms with Crippen molar-refractivity contribution in [3.05, 3.63) is 83.4 Å². The second kappa shape index (κ2) is 7.31. The number of imidazole rings is 1. The number of hydrogen-bond donors (Lipinski definition) is 0. The van der Waals surface area contributed by atoms with E-state index in [0.717, 1.165) is 51.0 Å². The summed E-state index contributed by atoms with van der Waals surface area (Å²) in [5, 5.41) is 2.15. The Hall–Kier alpha value is -3.92. The Morgan fingerprint density at radius 3 is 2.36 bits per heavy atom. The smallest absolute Gasteiger partial charge is 0.227 e. The maximum Gasteiger partial charge on any atom is 0.227 e. The second-order valence-electron chi connectivity index (χ2n) is 8.72. The molecule has 3 aromatic heterocycles. The molecule has 3 heterocycles. The first-order chi connectivity index (χ1) is 16.1. The molecule has 0 unspecified atom stereocenters. The first kappa shape index (κ1) is 19.7. The standard InChI is InChI=1S/C29H25N3O/c1-5-32-24-12-7-6-11-22(24)30-28(32)21-14-13-19(4)26-20-15-16-23(31-29(20)33-27(21)26)25-17(2)9-8-10-18(25)3/h6-16H,5H2,1-4H3. The summed E-state index contributed by atoms with van der Waals surface area (Å²) in [5.74, 6) is 0.928. The zero-order valence-electron chi connectivity index (χ0n) is 19.3.